The van der Waals surface area contributed by atoms with E-state index in [9.17, 15) is 13.5 Å². The molecule has 0 saturated heterocycles. The summed E-state index contributed by atoms with van der Waals surface area (Å²) in [5.41, 5.74) is 0.458. The molecule has 1 atom stereocenters. The Morgan fingerprint density at radius 3 is 2.14 bits per heavy atom. The fourth-order valence-corrected chi connectivity index (χ4v) is 4.25. The van der Waals surface area contributed by atoms with E-state index in [1.165, 1.54) is 25.1 Å². The normalized spacial score (nSPS) is 12.9. The monoisotopic (exact) mass is 359 g/mol. The molecule has 0 radical (unpaired) electrons. The number of nitrogens with zero attached hydrogens (tertiary/aromatic N) is 1. The number of hydrogen-bond donors (Lipinski definition) is 1. The van der Waals surface area contributed by atoms with Crippen molar-refractivity contribution >= 4 is 38.9 Å². The van der Waals surface area contributed by atoms with Crippen LogP contribution in [0.4, 0.5) is 5.69 Å². The second-order valence-electron chi connectivity index (χ2n) is 4.83. The van der Waals surface area contributed by atoms with Crippen LogP contribution in [-0.2, 0) is 10.0 Å². The number of sulfonamides is 1. The lowest BCUT2D eigenvalue weighted by molar-refractivity contribution is 0.204. The number of rotatable bonds is 5. The van der Waals surface area contributed by atoms with E-state index in [0.29, 0.717) is 5.69 Å². The van der Waals surface area contributed by atoms with Crippen LogP contribution in [-0.4, -0.2) is 26.2 Å². The molecule has 0 fully saturated rings. The maximum absolute atomic E-state index is 12.9. The van der Waals surface area contributed by atoms with Crippen LogP contribution in [0.2, 0.25) is 10.0 Å². The first-order valence-electron chi connectivity index (χ1n) is 6.52. The molecule has 0 saturated carbocycles. The van der Waals surface area contributed by atoms with Gasteiger partial charge in [0.25, 0.3) is 10.0 Å². The van der Waals surface area contributed by atoms with Gasteiger partial charge in [-0.25, -0.2) is 8.42 Å². The number of hydrogen-bond acceptors (Lipinski definition) is 3. The maximum atomic E-state index is 12.9. The van der Waals surface area contributed by atoms with E-state index >= 15 is 0 Å². The van der Waals surface area contributed by atoms with Crippen LogP contribution in [0.15, 0.2) is 53.4 Å². The zero-order valence-corrected chi connectivity index (χ0v) is 14.1. The van der Waals surface area contributed by atoms with Crippen molar-refractivity contribution < 1.29 is 13.5 Å². The first-order valence-corrected chi connectivity index (χ1v) is 8.72. The Morgan fingerprint density at radius 2 is 1.64 bits per heavy atom. The van der Waals surface area contributed by atoms with Crippen molar-refractivity contribution in [3.05, 3.63) is 58.6 Å². The molecule has 2 aromatic rings. The van der Waals surface area contributed by atoms with Gasteiger partial charge in [0.15, 0.2) is 0 Å². The highest BCUT2D eigenvalue weighted by molar-refractivity contribution is 7.92. The first-order chi connectivity index (χ1) is 10.3. The third-order valence-electron chi connectivity index (χ3n) is 2.90. The predicted octanol–water partition coefficient (Wildman–Crippen LogP) is 3.57. The summed E-state index contributed by atoms with van der Waals surface area (Å²) in [6, 6.07) is 12.7. The molecule has 0 unspecified atom stereocenters. The molecule has 22 heavy (non-hydrogen) atoms. The average molecular weight is 360 g/mol. The van der Waals surface area contributed by atoms with Crippen LogP contribution in [0.25, 0.3) is 0 Å². The van der Waals surface area contributed by atoms with Crippen molar-refractivity contribution in [2.75, 3.05) is 10.8 Å². The molecule has 0 aliphatic rings. The third kappa shape index (κ3) is 3.93. The highest BCUT2D eigenvalue weighted by Crippen LogP contribution is 2.28. The molecule has 0 aliphatic carbocycles. The lowest BCUT2D eigenvalue weighted by atomic mass is 10.3. The summed E-state index contributed by atoms with van der Waals surface area (Å²) < 4.78 is 26.9. The van der Waals surface area contributed by atoms with Crippen LogP contribution in [0.5, 0.6) is 0 Å². The Labute approximate surface area is 140 Å². The van der Waals surface area contributed by atoms with E-state index in [1.54, 1.807) is 30.3 Å². The first kappa shape index (κ1) is 17.1. The fourth-order valence-electron chi connectivity index (χ4n) is 1.98. The summed E-state index contributed by atoms with van der Waals surface area (Å²) >= 11 is 11.8. The number of benzene rings is 2. The van der Waals surface area contributed by atoms with Crippen molar-refractivity contribution in [2.24, 2.45) is 0 Å². The maximum Gasteiger partial charge on any atom is 0.264 e. The Morgan fingerprint density at radius 1 is 1.09 bits per heavy atom. The standard InChI is InChI=1S/C15H15Cl2NO3S/c1-11(19)10-18(14-5-3-2-4-6-14)22(20,21)15-8-12(16)7-13(17)9-15/h2-9,11,19H,10H2,1H3/t11-/m1/s1. The zero-order valence-electron chi connectivity index (χ0n) is 11.8. The van der Waals surface area contributed by atoms with E-state index in [2.05, 4.69) is 0 Å². The molecule has 0 aliphatic heterocycles. The van der Waals surface area contributed by atoms with Gasteiger partial charge in [-0.2, -0.15) is 0 Å². The minimum absolute atomic E-state index is 0.0190. The van der Waals surface area contributed by atoms with Crippen molar-refractivity contribution in [2.45, 2.75) is 17.9 Å². The minimum Gasteiger partial charge on any atom is -0.392 e. The molecule has 0 heterocycles. The lowest BCUT2D eigenvalue weighted by Crippen LogP contribution is -2.36. The molecule has 4 nitrogen and oxygen atoms in total. The molecule has 0 aromatic heterocycles. The molecule has 0 amide bonds. The van der Waals surface area contributed by atoms with Gasteiger partial charge in [-0.05, 0) is 37.3 Å². The van der Waals surface area contributed by atoms with Gasteiger partial charge in [-0.1, -0.05) is 41.4 Å². The summed E-state index contributed by atoms with van der Waals surface area (Å²) in [5.74, 6) is 0. The predicted molar refractivity (Wildman–Crippen MR) is 89.1 cm³/mol. The van der Waals surface area contributed by atoms with Crippen molar-refractivity contribution in [3.63, 3.8) is 0 Å². The van der Waals surface area contributed by atoms with Crippen molar-refractivity contribution in [1.29, 1.82) is 0 Å². The van der Waals surface area contributed by atoms with Gasteiger partial charge in [0.05, 0.1) is 23.2 Å². The molecule has 1 N–H and O–H groups in total. The third-order valence-corrected chi connectivity index (χ3v) is 5.11. The summed E-state index contributed by atoms with van der Waals surface area (Å²) in [4.78, 5) is -0.0190. The van der Waals surface area contributed by atoms with Gasteiger partial charge in [-0.3, -0.25) is 4.31 Å². The molecular weight excluding hydrogens is 345 g/mol. The van der Waals surface area contributed by atoms with E-state index in [1.807, 2.05) is 0 Å². The van der Waals surface area contributed by atoms with Gasteiger partial charge in [0, 0.05) is 10.0 Å². The lowest BCUT2D eigenvalue weighted by Gasteiger charge is -2.26. The van der Waals surface area contributed by atoms with Crippen LogP contribution >= 0.6 is 23.2 Å². The summed E-state index contributed by atoms with van der Waals surface area (Å²) in [6.45, 7) is 1.45. The van der Waals surface area contributed by atoms with Crippen LogP contribution in [0.1, 0.15) is 6.92 Å². The number of aliphatic hydroxyl groups is 1. The van der Waals surface area contributed by atoms with Crippen molar-refractivity contribution in [3.8, 4) is 0 Å². The summed E-state index contributed by atoms with van der Waals surface area (Å²) in [7, 11) is -3.89. The Kier molecular flexibility index (Phi) is 5.34. The summed E-state index contributed by atoms with van der Waals surface area (Å²) in [6.07, 6.45) is -0.829. The van der Waals surface area contributed by atoms with E-state index in [0.717, 1.165) is 4.31 Å². The Hall–Kier alpha value is -1.27. The Bertz CT molecular complexity index is 728. The SMILES string of the molecule is C[C@@H](O)CN(c1ccccc1)S(=O)(=O)c1cc(Cl)cc(Cl)c1. The van der Waals surface area contributed by atoms with Crippen LogP contribution in [0.3, 0.4) is 0 Å². The van der Waals surface area contributed by atoms with Gasteiger partial charge >= 0.3 is 0 Å². The topological polar surface area (TPSA) is 57.6 Å². The van der Waals surface area contributed by atoms with Gasteiger partial charge in [0.2, 0.25) is 0 Å². The summed E-state index contributed by atoms with van der Waals surface area (Å²) in [5, 5.41) is 10.1. The molecular formula is C15H15Cl2NO3S. The average Bonchev–Trinajstić information content (AvgIpc) is 2.44. The molecule has 7 heteroatoms. The highest BCUT2D eigenvalue weighted by Gasteiger charge is 2.26. The van der Waals surface area contributed by atoms with E-state index in [-0.39, 0.29) is 21.5 Å². The highest BCUT2D eigenvalue weighted by atomic mass is 35.5. The fraction of sp³-hybridized carbons (Fsp3) is 0.200. The number of aliphatic hydroxyl groups excluding tert-OH is 1. The largest absolute Gasteiger partial charge is 0.392 e. The van der Waals surface area contributed by atoms with Crippen LogP contribution < -0.4 is 4.31 Å². The molecule has 2 rings (SSSR count). The molecule has 118 valence electrons. The molecule has 0 spiro atoms. The van der Waals surface area contributed by atoms with Gasteiger partial charge in [0.1, 0.15) is 0 Å². The Balaban J connectivity index is 2.54. The quantitative estimate of drug-likeness (QED) is 0.887. The number of halogens is 2. The molecule has 2 aromatic carbocycles. The van der Waals surface area contributed by atoms with Gasteiger partial charge < -0.3 is 5.11 Å². The van der Waals surface area contributed by atoms with Gasteiger partial charge in [-0.15, -0.1) is 0 Å². The molecule has 0 bridgehead atoms. The second-order valence-corrected chi connectivity index (χ2v) is 7.56. The zero-order chi connectivity index (χ0) is 16.3. The minimum atomic E-state index is -3.89. The smallest absolute Gasteiger partial charge is 0.264 e. The van der Waals surface area contributed by atoms with Crippen molar-refractivity contribution in [1.82, 2.24) is 0 Å². The number of para-hydroxylation sites is 1. The van der Waals surface area contributed by atoms with E-state index in [4.69, 9.17) is 23.2 Å². The number of anilines is 1. The second kappa shape index (κ2) is 6.87. The van der Waals surface area contributed by atoms with Crippen LogP contribution in [0, 0.1) is 0 Å². The van der Waals surface area contributed by atoms with E-state index < -0.39 is 16.1 Å².